The highest BCUT2D eigenvalue weighted by Gasteiger charge is 2.17. The number of oxazole rings is 1. The van der Waals surface area contributed by atoms with Crippen LogP contribution in [-0.2, 0) is 11.2 Å². The van der Waals surface area contributed by atoms with Crippen molar-refractivity contribution in [3.05, 3.63) is 77.6 Å². The van der Waals surface area contributed by atoms with Crippen LogP contribution in [0.4, 0.5) is 13.2 Å². The summed E-state index contributed by atoms with van der Waals surface area (Å²) >= 11 is 0. The van der Waals surface area contributed by atoms with E-state index in [9.17, 15) is 18.0 Å². The van der Waals surface area contributed by atoms with Gasteiger partial charge in [0.15, 0.2) is 11.7 Å². The van der Waals surface area contributed by atoms with Crippen LogP contribution in [0.25, 0.3) is 11.3 Å². The second kappa shape index (κ2) is 9.58. The number of nitrogens with one attached hydrogen (secondary N) is 1. The van der Waals surface area contributed by atoms with Gasteiger partial charge in [-0.3, -0.25) is 4.79 Å². The molecule has 3 rings (SSSR count). The van der Waals surface area contributed by atoms with Gasteiger partial charge in [-0.15, -0.1) is 0 Å². The topological polar surface area (TPSA) is 58.4 Å². The van der Waals surface area contributed by atoms with Crippen molar-refractivity contribution in [1.29, 1.82) is 0 Å². The monoisotopic (exact) mass is 417 g/mol. The van der Waals surface area contributed by atoms with Gasteiger partial charge in [0.2, 0.25) is 5.91 Å². The summed E-state index contributed by atoms with van der Waals surface area (Å²) in [6.07, 6.45) is 1.69. The second-order valence-corrected chi connectivity index (χ2v) is 7.08. The highest BCUT2D eigenvalue weighted by molar-refractivity contribution is 5.76. The van der Waals surface area contributed by atoms with Crippen molar-refractivity contribution in [2.24, 2.45) is 0 Å². The number of carbonyl (C=O) groups excluding carboxylic acids is 1. The number of nitrogens with zero attached hydrogens (tertiary/aromatic N) is 2. The van der Waals surface area contributed by atoms with Gasteiger partial charge >= 0.3 is 0 Å². The summed E-state index contributed by atoms with van der Waals surface area (Å²) in [4.78, 5) is 18.2. The lowest BCUT2D eigenvalue weighted by molar-refractivity contribution is -0.121. The van der Waals surface area contributed by atoms with Gasteiger partial charge in [-0.1, -0.05) is 12.1 Å². The molecule has 0 saturated heterocycles. The average molecular weight is 417 g/mol. The molecule has 158 valence electrons. The summed E-state index contributed by atoms with van der Waals surface area (Å²) in [5.74, 6) is -1.53. The van der Waals surface area contributed by atoms with Gasteiger partial charge in [-0.05, 0) is 43.9 Å². The minimum absolute atomic E-state index is 0.100. The molecule has 0 fully saturated rings. The van der Waals surface area contributed by atoms with Gasteiger partial charge in [0.1, 0.15) is 17.5 Å². The molecule has 3 aromatic rings. The largest absolute Gasteiger partial charge is 0.441 e. The molecule has 0 saturated carbocycles. The van der Waals surface area contributed by atoms with E-state index in [1.807, 2.05) is 25.1 Å². The molecule has 30 heavy (non-hydrogen) atoms. The maximum atomic E-state index is 13.8. The van der Waals surface area contributed by atoms with E-state index in [1.54, 1.807) is 6.07 Å². The Morgan fingerprint density at radius 1 is 1.13 bits per heavy atom. The number of rotatable bonds is 8. The van der Waals surface area contributed by atoms with Crippen LogP contribution in [0.15, 0.2) is 53.1 Å². The van der Waals surface area contributed by atoms with Crippen LogP contribution in [0.3, 0.4) is 0 Å². The fourth-order valence-corrected chi connectivity index (χ4v) is 3.07. The fraction of sp³-hybridized carbons (Fsp3) is 0.273. The van der Waals surface area contributed by atoms with Crippen molar-refractivity contribution >= 4 is 5.91 Å². The smallest absolute Gasteiger partial charge is 0.220 e. The number of likely N-dealkylation sites (N-methyl/N-ethyl adjacent to an activating group) is 1. The van der Waals surface area contributed by atoms with E-state index < -0.39 is 11.6 Å². The summed E-state index contributed by atoms with van der Waals surface area (Å²) in [6.45, 7) is 0.312. The quantitative estimate of drug-likeness (QED) is 0.599. The Morgan fingerprint density at radius 2 is 1.90 bits per heavy atom. The Morgan fingerprint density at radius 3 is 2.60 bits per heavy atom. The first-order valence-electron chi connectivity index (χ1n) is 9.42. The number of halogens is 3. The van der Waals surface area contributed by atoms with Crippen LogP contribution in [0, 0.1) is 17.5 Å². The van der Waals surface area contributed by atoms with Gasteiger partial charge in [-0.2, -0.15) is 0 Å². The second-order valence-electron chi connectivity index (χ2n) is 7.08. The number of hydrogen-bond donors (Lipinski definition) is 1. The SMILES string of the molecule is CN(C)[C@H](CNC(=O)CCc1ncc(-c2ccc(F)cc2F)o1)c1cccc(F)c1. The maximum Gasteiger partial charge on any atom is 0.220 e. The molecule has 1 atom stereocenters. The predicted octanol–water partition coefficient (Wildman–Crippen LogP) is 4.11. The van der Waals surface area contributed by atoms with Crippen LogP contribution >= 0.6 is 0 Å². The Kier molecular flexibility index (Phi) is 6.89. The van der Waals surface area contributed by atoms with Gasteiger partial charge in [0.05, 0.1) is 17.8 Å². The molecule has 1 amide bonds. The van der Waals surface area contributed by atoms with E-state index in [0.717, 1.165) is 17.7 Å². The zero-order valence-corrected chi connectivity index (χ0v) is 16.7. The molecule has 0 unspecified atom stereocenters. The Labute approximate surface area is 172 Å². The Hall–Kier alpha value is -3.13. The molecular weight excluding hydrogens is 395 g/mol. The molecule has 0 aliphatic carbocycles. The predicted molar refractivity (Wildman–Crippen MR) is 106 cm³/mol. The standard InChI is InChI=1S/C22H22F3N3O2/c1-28(2)19(14-4-3-5-15(23)10-14)12-26-21(29)8-9-22-27-13-20(30-22)17-7-6-16(24)11-18(17)25/h3-7,10-11,13,19H,8-9,12H2,1-2H3,(H,26,29)/t19-/m1/s1. The molecule has 2 aromatic carbocycles. The van der Waals surface area contributed by atoms with Gasteiger partial charge < -0.3 is 14.6 Å². The van der Waals surface area contributed by atoms with E-state index in [0.29, 0.717) is 6.54 Å². The third-order valence-corrected chi connectivity index (χ3v) is 4.67. The first kappa shape index (κ1) is 21.6. The third-order valence-electron chi connectivity index (χ3n) is 4.67. The molecule has 0 radical (unpaired) electrons. The first-order valence-corrected chi connectivity index (χ1v) is 9.42. The van der Waals surface area contributed by atoms with Crippen molar-refractivity contribution < 1.29 is 22.4 Å². The van der Waals surface area contributed by atoms with Crippen LogP contribution in [0.1, 0.15) is 23.9 Å². The lowest BCUT2D eigenvalue weighted by atomic mass is 10.1. The highest BCUT2D eigenvalue weighted by atomic mass is 19.1. The lowest BCUT2D eigenvalue weighted by Crippen LogP contribution is -2.34. The first-order chi connectivity index (χ1) is 14.3. The van der Waals surface area contributed by atoms with Gasteiger partial charge in [0, 0.05) is 25.5 Å². The molecular formula is C22H22F3N3O2. The fourth-order valence-electron chi connectivity index (χ4n) is 3.07. The van der Waals surface area contributed by atoms with Gasteiger partial charge in [-0.25, -0.2) is 18.2 Å². The Balaban J connectivity index is 1.55. The van der Waals surface area contributed by atoms with E-state index >= 15 is 0 Å². The number of aromatic nitrogens is 1. The van der Waals surface area contributed by atoms with Crippen molar-refractivity contribution in [3.8, 4) is 11.3 Å². The highest BCUT2D eigenvalue weighted by Crippen LogP contribution is 2.24. The minimum Gasteiger partial charge on any atom is -0.441 e. The molecule has 0 spiro atoms. The number of benzene rings is 2. The van der Waals surface area contributed by atoms with Crippen molar-refractivity contribution in [2.75, 3.05) is 20.6 Å². The van der Waals surface area contributed by atoms with E-state index in [-0.39, 0.29) is 47.8 Å². The minimum atomic E-state index is -0.748. The third kappa shape index (κ3) is 5.48. The van der Waals surface area contributed by atoms with E-state index in [1.165, 1.54) is 24.4 Å². The molecule has 5 nitrogen and oxygen atoms in total. The number of hydrogen-bond acceptors (Lipinski definition) is 4. The molecule has 0 aliphatic heterocycles. The van der Waals surface area contributed by atoms with Crippen molar-refractivity contribution in [3.63, 3.8) is 0 Å². The zero-order chi connectivity index (χ0) is 21.7. The molecule has 1 N–H and O–H groups in total. The van der Waals surface area contributed by atoms with Crippen LogP contribution in [0.5, 0.6) is 0 Å². The lowest BCUT2D eigenvalue weighted by Gasteiger charge is -2.25. The maximum absolute atomic E-state index is 13.8. The summed E-state index contributed by atoms with van der Waals surface area (Å²) in [7, 11) is 3.70. The molecule has 0 bridgehead atoms. The molecule has 0 aliphatic rings. The average Bonchev–Trinajstić information content (AvgIpc) is 3.15. The van der Waals surface area contributed by atoms with Crippen LogP contribution in [-0.4, -0.2) is 36.4 Å². The summed E-state index contributed by atoms with van der Waals surface area (Å²) in [6, 6.07) is 9.25. The molecule has 1 aromatic heterocycles. The van der Waals surface area contributed by atoms with Crippen molar-refractivity contribution in [2.45, 2.75) is 18.9 Å². The van der Waals surface area contributed by atoms with Crippen molar-refractivity contribution in [1.82, 2.24) is 15.2 Å². The van der Waals surface area contributed by atoms with Crippen LogP contribution < -0.4 is 5.32 Å². The van der Waals surface area contributed by atoms with E-state index in [4.69, 9.17) is 4.42 Å². The molecule has 1 heterocycles. The molecule has 8 heteroatoms. The normalized spacial score (nSPS) is 12.2. The van der Waals surface area contributed by atoms with Crippen LogP contribution in [0.2, 0.25) is 0 Å². The summed E-state index contributed by atoms with van der Waals surface area (Å²) < 4.78 is 45.9. The summed E-state index contributed by atoms with van der Waals surface area (Å²) in [5, 5.41) is 2.83. The van der Waals surface area contributed by atoms with Gasteiger partial charge in [0.25, 0.3) is 0 Å². The summed E-state index contributed by atoms with van der Waals surface area (Å²) in [5.41, 5.74) is 0.863. The zero-order valence-electron chi connectivity index (χ0n) is 16.7. The van der Waals surface area contributed by atoms with E-state index in [2.05, 4.69) is 10.3 Å². The number of aryl methyl sites for hydroxylation is 1. The number of amides is 1. The Bertz CT molecular complexity index is 1020. The number of carbonyl (C=O) groups is 1.